The normalized spacial score (nSPS) is 19.3. The lowest BCUT2D eigenvalue weighted by atomic mass is 10.1. The molecular weight excluding hydrogens is 228 g/mol. The number of carbonyl (C=O) groups is 1. The third-order valence-electron chi connectivity index (χ3n) is 3.50. The fraction of sp³-hybridized carbons (Fsp3) is 0.286. The van der Waals surface area contributed by atoms with Gasteiger partial charge in [0.2, 0.25) is 0 Å². The van der Waals surface area contributed by atoms with E-state index in [1.807, 2.05) is 30.3 Å². The average Bonchev–Trinajstić information content (AvgIpc) is 2.87. The molecule has 4 nitrogen and oxygen atoms in total. The van der Waals surface area contributed by atoms with Crippen LogP contribution in [0.15, 0.2) is 36.5 Å². The molecule has 0 saturated carbocycles. The molecule has 1 N–H and O–H groups in total. The first kappa shape index (κ1) is 11.0. The van der Waals surface area contributed by atoms with Crippen molar-refractivity contribution in [1.29, 1.82) is 0 Å². The van der Waals surface area contributed by atoms with Gasteiger partial charge in [0.1, 0.15) is 0 Å². The highest BCUT2D eigenvalue weighted by Crippen LogP contribution is 2.29. The van der Waals surface area contributed by atoms with E-state index in [0.717, 1.165) is 23.1 Å². The molecule has 1 unspecified atom stereocenters. The molecule has 1 aliphatic heterocycles. The number of aromatic nitrogens is 1. The first-order valence-corrected chi connectivity index (χ1v) is 6.07. The van der Waals surface area contributed by atoms with Gasteiger partial charge in [-0.1, -0.05) is 18.2 Å². The molecule has 1 atom stereocenters. The van der Waals surface area contributed by atoms with E-state index in [1.54, 1.807) is 6.20 Å². The van der Waals surface area contributed by atoms with E-state index >= 15 is 0 Å². The summed E-state index contributed by atoms with van der Waals surface area (Å²) in [4.78, 5) is 17.5. The monoisotopic (exact) mass is 242 g/mol. The third kappa shape index (κ3) is 1.79. The highest BCUT2D eigenvalue weighted by Gasteiger charge is 2.28. The number of fused-ring (bicyclic) bond motifs is 1. The van der Waals surface area contributed by atoms with Crippen LogP contribution < -0.4 is 4.90 Å². The number of nitrogens with zero attached hydrogens (tertiary/aromatic N) is 2. The minimum atomic E-state index is -0.698. The summed E-state index contributed by atoms with van der Waals surface area (Å²) in [6.45, 7) is 1.38. The van der Waals surface area contributed by atoms with Crippen molar-refractivity contribution in [3.8, 4) is 0 Å². The number of carboxylic acid groups (broad SMARTS) is 1. The molecular formula is C14H14N2O2. The van der Waals surface area contributed by atoms with Crippen LogP contribution in [0.25, 0.3) is 10.9 Å². The smallest absolute Gasteiger partial charge is 0.308 e. The number of anilines is 1. The summed E-state index contributed by atoms with van der Waals surface area (Å²) in [5, 5.41) is 10.1. The van der Waals surface area contributed by atoms with Gasteiger partial charge >= 0.3 is 5.97 Å². The Morgan fingerprint density at radius 3 is 2.94 bits per heavy atom. The zero-order chi connectivity index (χ0) is 12.5. The quantitative estimate of drug-likeness (QED) is 0.876. The van der Waals surface area contributed by atoms with Crippen molar-refractivity contribution >= 4 is 22.6 Å². The molecule has 0 amide bonds. The van der Waals surface area contributed by atoms with Gasteiger partial charge in [0, 0.05) is 30.4 Å². The number of hydrogen-bond acceptors (Lipinski definition) is 3. The largest absolute Gasteiger partial charge is 0.481 e. The number of carboxylic acids is 1. The molecule has 1 aromatic carbocycles. The molecule has 0 radical (unpaired) electrons. The summed E-state index contributed by atoms with van der Waals surface area (Å²) in [5.74, 6) is -0.951. The summed E-state index contributed by atoms with van der Waals surface area (Å²) in [5.41, 5.74) is 2.04. The van der Waals surface area contributed by atoms with Crippen molar-refractivity contribution in [3.05, 3.63) is 36.5 Å². The number of benzene rings is 1. The van der Waals surface area contributed by atoms with Gasteiger partial charge in [-0.2, -0.15) is 0 Å². The van der Waals surface area contributed by atoms with Crippen LogP contribution in [-0.2, 0) is 4.79 Å². The predicted molar refractivity (Wildman–Crippen MR) is 69.7 cm³/mol. The van der Waals surface area contributed by atoms with Crippen LogP contribution in [0.3, 0.4) is 0 Å². The predicted octanol–water partition coefficient (Wildman–Crippen LogP) is 2.15. The topological polar surface area (TPSA) is 53.4 Å². The van der Waals surface area contributed by atoms with Gasteiger partial charge in [-0.05, 0) is 18.6 Å². The average molecular weight is 242 g/mol. The first-order chi connectivity index (χ1) is 8.75. The van der Waals surface area contributed by atoms with Crippen LogP contribution in [0.4, 0.5) is 5.69 Å². The van der Waals surface area contributed by atoms with Crippen molar-refractivity contribution in [3.63, 3.8) is 0 Å². The Balaban J connectivity index is 1.98. The van der Waals surface area contributed by atoms with Crippen molar-refractivity contribution in [1.82, 2.24) is 4.98 Å². The SMILES string of the molecule is O=C(O)C1CCN(c2ccnc3ccccc23)C1. The molecule has 0 bridgehead atoms. The molecule has 1 aromatic heterocycles. The molecule has 1 fully saturated rings. The van der Waals surface area contributed by atoms with Gasteiger partial charge < -0.3 is 10.0 Å². The molecule has 0 spiro atoms. The van der Waals surface area contributed by atoms with Crippen LogP contribution in [0.5, 0.6) is 0 Å². The minimum Gasteiger partial charge on any atom is -0.481 e. The molecule has 92 valence electrons. The van der Waals surface area contributed by atoms with E-state index < -0.39 is 5.97 Å². The summed E-state index contributed by atoms with van der Waals surface area (Å²) < 4.78 is 0. The Kier molecular flexibility index (Phi) is 2.63. The zero-order valence-electron chi connectivity index (χ0n) is 9.91. The molecule has 18 heavy (non-hydrogen) atoms. The van der Waals surface area contributed by atoms with Crippen molar-refractivity contribution in [2.45, 2.75) is 6.42 Å². The first-order valence-electron chi connectivity index (χ1n) is 6.07. The molecule has 1 saturated heterocycles. The van der Waals surface area contributed by atoms with Gasteiger partial charge in [0.15, 0.2) is 0 Å². The Morgan fingerprint density at radius 2 is 2.17 bits per heavy atom. The number of pyridine rings is 1. The maximum Gasteiger partial charge on any atom is 0.308 e. The zero-order valence-corrected chi connectivity index (χ0v) is 9.91. The van der Waals surface area contributed by atoms with Crippen molar-refractivity contribution in [2.24, 2.45) is 5.92 Å². The second-order valence-corrected chi connectivity index (χ2v) is 4.62. The summed E-state index contributed by atoms with van der Waals surface area (Å²) >= 11 is 0. The maximum absolute atomic E-state index is 11.0. The minimum absolute atomic E-state index is 0.253. The Bertz CT molecular complexity index is 592. The molecule has 3 rings (SSSR count). The lowest BCUT2D eigenvalue weighted by molar-refractivity contribution is -0.140. The van der Waals surface area contributed by atoms with Gasteiger partial charge in [-0.25, -0.2) is 0 Å². The lowest BCUT2D eigenvalue weighted by Crippen LogP contribution is -2.22. The van der Waals surface area contributed by atoms with Gasteiger partial charge in [0.05, 0.1) is 11.4 Å². The highest BCUT2D eigenvalue weighted by molar-refractivity contribution is 5.91. The van der Waals surface area contributed by atoms with E-state index in [1.165, 1.54) is 0 Å². The number of para-hydroxylation sites is 1. The highest BCUT2D eigenvalue weighted by atomic mass is 16.4. The fourth-order valence-electron chi connectivity index (χ4n) is 2.54. The number of rotatable bonds is 2. The lowest BCUT2D eigenvalue weighted by Gasteiger charge is -2.19. The van der Waals surface area contributed by atoms with E-state index in [-0.39, 0.29) is 5.92 Å². The second kappa shape index (κ2) is 4.29. The van der Waals surface area contributed by atoms with Crippen LogP contribution in [0.2, 0.25) is 0 Å². The Morgan fingerprint density at radius 1 is 1.33 bits per heavy atom. The molecule has 4 heteroatoms. The molecule has 1 aliphatic rings. The van der Waals surface area contributed by atoms with Gasteiger partial charge in [-0.3, -0.25) is 9.78 Å². The van der Waals surface area contributed by atoms with Gasteiger partial charge in [-0.15, -0.1) is 0 Å². The Hall–Kier alpha value is -2.10. The number of aliphatic carboxylic acids is 1. The van der Waals surface area contributed by atoms with Gasteiger partial charge in [0.25, 0.3) is 0 Å². The van der Waals surface area contributed by atoms with Crippen LogP contribution >= 0.6 is 0 Å². The Labute approximate surface area is 105 Å². The third-order valence-corrected chi connectivity index (χ3v) is 3.50. The second-order valence-electron chi connectivity index (χ2n) is 4.62. The van der Waals surface area contributed by atoms with Crippen molar-refractivity contribution < 1.29 is 9.90 Å². The number of hydrogen-bond donors (Lipinski definition) is 1. The molecule has 0 aliphatic carbocycles. The van der Waals surface area contributed by atoms with Crippen molar-refractivity contribution in [2.75, 3.05) is 18.0 Å². The summed E-state index contributed by atoms with van der Waals surface area (Å²) in [6.07, 6.45) is 2.50. The van der Waals surface area contributed by atoms with Crippen LogP contribution in [-0.4, -0.2) is 29.1 Å². The van der Waals surface area contributed by atoms with E-state index in [2.05, 4.69) is 9.88 Å². The summed E-state index contributed by atoms with van der Waals surface area (Å²) in [6, 6.07) is 9.92. The van der Waals surface area contributed by atoms with E-state index in [0.29, 0.717) is 13.0 Å². The summed E-state index contributed by atoms with van der Waals surface area (Å²) in [7, 11) is 0. The standard InChI is InChI=1S/C14H14N2O2/c17-14(18)10-6-8-16(9-10)13-5-7-15-12-4-2-1-3-11(12)13/h1-5,7,10H,6,8-9H2,(H,17,18). The maximum atomic E-state index is 11.0. The molecule has 2 aromatic rings. The van der Waals surface area contributed by atoms with Crippen LogP contribution in [0, 0.1) is 5.92 Å². The van der Waals surface area contributed by atoms with E-state index in [9.17, 15) is 4.79 Å². The van der Waals surface area contributed by atoms with E-state index in [4.69, 9.17) is 5.11 Å². The fourth-order valence-corrected chi connectivity index (χ4v) is 2.54. The molecule has 2 heterocycles. The van der Waals surface area contributed by atoms with Crippen LogP contribution in [0.1, 0.15) is 6.42 Å².